The summed E-state index contributed by atoms with van der Waals surface area (Å²) in [6.07, 6.45) is 1.42. The Morgan fingerprint density at radius 1 is 1.03 bits per heavy atom. The van der Waals surface area contributed by atoms with E-state index in [1.165, 1.54) is 19.1 Å². The molecule has 0 radical (unpaired) electrons. The highest BCUT2D eigenvalue weighted by atomic mass is 19.1. The third-order valence-electron chi connectivity index (χ3n) is 4.10. The van der Waals surface area contributed by atoms with Crippen LogP contribution < -0.4 is 0 Å². The number of hydrogen-bond donors (Lipinski definition) is 1. The van der Waals surface area contributed by atoms with Gasteiger partial charge in [0.2, 0.25) is 0 Å². The molecule has 4 nitrogen and oxygen atoms in total. The van der Waals surface area contributed by atoms with Gasteiger partial charge in [-0.3, -0.25) is 9.59 Å². The van der Waals surface area contributed by atoms with Crippen LogP contribution in [0, 0.1) is 5.82 Å². The van der Waals surface area contributed by atoms with E-state index in [-0.39, 0.29) is 24.2 Å². The number of hydrogen-bond acceptors (Lipinski definition) is 3. The number of rotatable bonds is 8. The number of carbonyl (C=O) groups excluding carboxylic acids is 1. The SMILES string of the molecule is C=C.CC.CC.CC(=O)/C(C)=C(/C)N(CC(=O)O)C(C)CCc1ccc(F)cc1. The zero-order valence-electron chi connectivity index (χ0n) is 19.5. The Morgan fingerprint density at radius 3 is 1.86 bits per heavy atom. The molecule has 0 aliphatic rings. The second-order valence-corrected chi connectivity index (χ2v) is 5.80. The van der Waals surface area contributed by atoms with E-state index >= 15 is 0 Å². The summed E-state index contributed by atoms with van der Waals surface area (Å²) < 4.78 is 12.9. The molecule has 0 aliphatic heterocycles. The first kappa shape index (κ1) is 31.3. The third-order valence-corrected chi connectivity index (χ3v) is 4.10. The fraction of sp³-hybridized carbons (Fsp3) is 0.500. The molecule has 0 bridgehead atoms. The van der Waals surface area contributed by atoms with Gasteiger partial charge in [-0.15, -0.1) is 13.2 Å². The summed E-state index contributed by atoms with van der Waals surface area (Å²) in [5.74, 6) is -1.27. The Morgan fingerprint density at radius 2 is 1.48 bits per heavy atom. The van der Waals surface area contributed by atoms with Crippen LogP contribution in [0.4, 0.5) is 4.39 Å². The second kappa shape index (κ2) is 18.9. The maximum Gasteiger partial charge on any atom is 0.323 e. The van der Waals surface area contributed by atoms with E-state index in [4.69, 9.17) is 5.11 Å². The van der Waals surface area contributed by atoms with E-state index in [1.54, 1.807) is 30.9 Å². The number of carboxylic acids is 1. The highest BCUT2D eigenvalue weighted by Gasteiger charge is 2.19. The molecule has 0 amide bonds. The van der Waals surface area contributed by atoms with Crippen molar-refractivity contribution in [1.82, 2.24) is 4.90 Å². The Bertz CT molecular complexity index is 609. The zero-order valence-corrected chi connectivity index (χ0v) is 19.5. The first-order chi connectivity index (χ1) is 13.7. The van der Waals surface area contributed by atoms with E-state index in [2.05, 4.69) is 13.2 Å². The second-order valence-electron chi connectivity index (χ2n) is 5.80. The topological polar surface area (TPSA) is 57.6 Å². The van der Waals surface area contributed by atoms with Gasteiger partial charge < -0.3 is 10.0 Å². The molecule has 166 valence electrons. The highest BCUT2D eigenvalue weighted by Crippen LogP contribution is 2.18. The van der Waals surface area contributed by atoms with Gasteiger partial charge in [-0.1, -0.05) is 39.8 Å². The molecule has 1 aromatic rings. The van der Waals surface area contributed by atoms with Crippen molar-refractivity contribution >= 4 is 11.8 Å². The van der Waals surface area contributed by atoms with Crippen LogP contribution in [0.25, 0.3) is 0 Å². The minimum absolute atomic E-state index is 0.0505. The molecule has 1 aromatic carbocycles. The Hall–Kier alpha value is -2.43. The molecule has 1 N–H and O–H groups in total. The van der Waals surface area contributed by atoms with Crippen LogP contribution in [0.5, 0.6) is 0 Å². The van der Waals surface area contributed by atoms with Gasteiger partial charge in [0.15, 0.2) is 5.78 Å². The van der Waals surface area contributed by atoms with Crippen molar-refractivity contribution in [3.63, 3.8) is 0 Å². The maximum absolute atomic E-state index is 12.9. The molecular weight excluding hydrogens is 369 g/mol. The van der Waals surface area contributed by atoms with Crippen LogP contribution in [0.3, 0.4) is 0 Å². The largest absolute Gasteiger partial charge is 0.480 e. The fourth-order valence-corrected chi connectivity index (χ4v) is 2.40. The molecule has 0 heterocycles. The molecule has 0 saturated heterocycles. The molecule has 0 aromatic heterocycles. The standard InChI is InChI=1S/C18H24FNO3.2C2H6.C2H4/c1-12(5-6-16-7-9-17(19)10-8-16)20(11-18(22)23)14(3)13(2)15(4)21;3*1-2/h7-10,12H,5-6,11H2,1-4H3,(H,22,23);2*1-2H3;1-2H2/b14-13-;;;. The Labute approximate surface area is 177 Å². The van der Waals surface area contributed by atoms with E-state index in [0.29, 0.717) is 24.1 Å². The maximum atomic E-state index is 12.9. The molecular formula is C24H40FNO3. The number of halogens is 1. The highest BCUT2D eigenvalue weighted by molar-refractivity contribution is 5.93. The average molecular weight is 410 g/mol. The predicted molar refractivity (Wildman–Crippen MR) is 122 cm³/mol. The number of carboxylic acid groups (broad SMARTS) is 1. The van der Waals surface area contributed by atoms with E-state index in [1.807, 2.05) is 34.6 Å². The van der Waals surface area contributed by atoms with Crippen LogP contribution in [0.15, 0.2) is 48.7 Å². The van der Waals surface area contributed by atoms with Crippen LogP contribution in [-0.4, -0.2) is 34.3 Å². The first-order valence-corrected chi connectivity index (χ1v) is 10.1. The van der Waals surface area contributed by atoms with Gasteiger partial charge in [-0.05, 0) is 58.2 Å². The van der Waals surface area contributed by atoms with Crippen molar-refractivity contribution in [3.8, 4) is 0 Å². The van der Waals surface area contributed by atoms with Crippen molar-refractivity contribution in [3.05, 3.63) is 60.1 Å². The fourth-order valence-electron chi connectivity index (χ4n) is 2.40. The minimum Gasteiger partial charge on any atom is -0.480 e. The molecule has 0 fully saturated rings. The van der Waals surface area contributed by atoms with Crippen LogP contribution in [0.2, 0.25) is 0 Å². The summed E-state index contributed by atoms with van der Waals surface area (Å²) >= 11 is 0. The van der Waals surface area contributed by atoms with Gasteiger partial charge in [0.05, 0.1) is 0 Å². The number of nitrogens with zero attached hydrogens (tertiary/aromatic N) is 1. The summed E-state index contributed by atoms with van der Waals surface area (Å²) in [6.45, 7) is 20.7. The summed E-state index contributed by atoms with van der Waals surface area (Å²) in [6, 6.07) is 6.24. The van der Waals surface area contributed by atoms with Crippen LogP contribution in [-0.2, 0) is 16.0 Å². The van der Waals surface area contributed by atoms with Crippen molar-refractivity contribution in [2.24, 2.45) is 0 Å². The van der Waals surface area contributed by atoms with Crippen LogP contribution in [0.1, 0.15) is 67.4 Å². The Balaban J connectivity index is -0.00000103. The van der Waals surface area contributed by atoms with Crippen molar-refractivity contribution in [2.45, 2.75) is 74.3 Å². The molecule has 1 rings (SSSR count). The average Bonchev–Trinajstić information content (AvgIpc) is 2.74. The normalized spacial score (nSPS) is 11.1. The number of benzene rings is 1. The number of aliphatic carboxylic acids is 1. The molecule has 5 heteroatoms. The predicted octanol–water partition coefficient (Wildman–Crippen LogP) is 6.27. The lowest BCUT2D eigenvalue weighted by molar-refractivity contribution is -0.138. The third kappa shape index (κ3) is 13.4. The molecule has 0 aliphatic carbocycles. The summed E-state index contributed by atoms with van der Waals surface area (Å²) in [4.78, 5) is 24.4. The molecule has 0 saturated carbocycles. The van der Waals surface area contributed by atoms with Gasteiger partial charge in [-0.25, -0.2) is 4.39 Å². The van der Waals surface area contributed by atoms with Crippen molar-refractivity contribution in [1.29, 1.82) is 0 Å². The molecule has 0 spiro atoms. The van der Waals surface area contributed by atoms with Gasteiger partial charge >= 0.3 is 5.97 Å². The summed E-state index contributed by atoms with van der Waals surface area (Å²) in [7, 11) is 0. The smallest absolute Gasteiger partial charge is 0.323 e. The Kier molecular flexibility index (Phi) is 20.4. The number of allylic oxidation sites excluding steroid dienone is 2. The molecule has 29 heavy (non-hydrogen) atoms. The lowest BCUT2D eigenvalue weighted by Gasteiger charge is -2.31. The number of ketones is 1. The van der Waals surface area contributed by atoms with Crippen molar-refractivity contribution < 1.29 is 19.1 Å². The van der Waals surface area contributed by atoms with E-state index < -0.39 is 5.97 Å². The lowest BCUT2D eigenvalue weighted by Crippen LogP contribution is -2.37. The quantitative estimate of drug-likeness (QED) is 0.406. The van der Waals surface area contributed by atoms with Gasteiger partial charge in [-0.2, -0.15) is 0 Å². The zero-order chi connectivity index (χ0) is 23.6. The van der Waals surface area contributed by atoms with Gasteiger partial charge in [0.25, 0.3) is 0 Å². The molecule has 1 unspecified atom stereocenters. The van der Waals surface area contributed by atoms with Gasteiger partial charge in [0, 0.05) is 17.3 Å². The van der Waals surface area contributed by atoms with Gasteiger partial charge in [0.1, 0.15) is 12.4 Å². The number of carbonyl (C=O) groups is 2. The van der Waals surface area contributed by atoms with E-state index in [0.717, 1.165) is 5.56 Å². The van der Waals surface area contributed by atoms with Crippen LogP contribution >= 0.6 is 0 Å². The number of Topliss-reactive ketones (excluding diaryl/α,β-unsaturated/α-hetero) is 1. The van der Waals surface area contributed by atoms with Crippen molar-refractivity contribution in [2.75, 3.05) is 6.54 Å². The summed E-state index contributed by atoms with van der Waals surface area (Å²) in [5.41, 5.74) is 2.25. The first-order valence-electron chi connectivity index (χ1n) is 10.1. The molecule has 1 atom stereocenters. The summed E-state index contributed by atoms with van der Waals surface area (Å²) in [5, 5.41) is 9.13. The monoisotopic (exact) mass is 409 g/mol. The van der Waals surface area contributed by atoms with E-state index in [9.17, 15) is 14.0 Å². The minimum atomic E-state index is -0.936. The number of aryl methyl sites for hydroxylation is 1. The lowest BCUT2D eigenvalue weighted by atomic mass is 10.0.